The van der Waals surface area contributed by atoms with E-state index < -0.39 is 9.39 Å². The van der Waals surface area contributed by atoms with Crippen molar-refractivity contribution in [2.45, 2.75) is 23.2 Å². The number of alkyl halides is 3. The van der Waals surface area contributed by atoms with Gasteiger partial charge in [0, 0.05) is 0 Å². The molecule has 68 valence electrons. The lowest BCUT2D eigenvalue weighted by Crippen LogP contribution is -2.38. The highest BCUT2D eigenvalue weighted by atomic mass is 35.6. The first kappa shape index (κ1) is 14.2. The SMILES string of the molecule is CC(C)(OC=O)C(Cl)(Cl)Cl.Cl. The predicted molar refractivity (Wildman–Crippen MR) is 48.8 cm³/mol. The minimum absolute atomic E-state index is 0. The van der Waals surface area contributed by atoms with Gasteiger partial charge in [-0.3, -0.25) is 4.79 Å². The van der Waals surface area contributed by atoms with Gasteiger partial charge in [-0.2, -0.15) is 0 Å². The summed E-state index contributed by atoms with van der Waals surface area (Å²) >= 11 is 16.4. The Labute approximate surface area is 86.5 Å². The van der Waals surface area contributed by atoms with E-state index in [2.05, 4.69) is 4.74 Å². The molecule has 0 amide bonds. The molecule has 0 aliphatic heterocycles. The first-order chi connectivity index (χ1) is 4.31. The molecule has 0 aromatic rings. The van der Waals surface area contributed by atoms with Crippen LogP contribution in [0.5, 0.6) is 0 Å². The summed E-state index contributed by atoms with van der Waals surface area (Å²) in [5.41, 5.74) is -1.08. The molecule has 0 bridgehead atoms. The van der Waals surface area contributed by atoms with Gasteiger partial charge in [-0.1, -0.05) is 34.8 Å². The van der Waals surface area contributed by atoms with Crippen molar-refractivity contribution in [3.05, 3.63) is 0 Å². The van der Waals surface area contributed by atoms with Crippen LogP contribution in [0.15, 0.2) is 0 Å². The second kappa shape index (κ2) is 4.61. The van der Waals surface area contributed by atoms with E-state index >= 15 is 0 Å². The van der Waals surface area contributed by atoms with Crippen molar-refractivity contribution < 1.29 is 9.53 Å². The van der Waals surface area contributed by atoms with Crippen LogP contribution in [0.3, 0.4) is 0 Å². The van der Waals surface area contributed by atoms with Crippen molar-refractivity contribution in [1.29, 1.82) is 0 Å². The second-order valence-corrected chi connectivity index (χ2v) is 4.50. The highest BCUT2D eigenvalue weighted by Crippen LogP contribution is 2.39. The zero-order chi connectivity index (χ0) is 8.41. The highest BCUT2D eigenvalue weighted by molar-refractivity contribution is 6.68. The minimum Gasteiger partial charge on any atom is -0.457 e. The maximum absolute atomic E-state index is 9.87. The van der Waals surface area contributed by atoms with Gasteiger partial charge in [0.05, 0.1) is 0 Å². The summed E-state index contributed by atoms with van der Waals surface area (Å²) < 4.78 is 2.93. The number of halogens is 4. The zero-order valence-electron chi connectivity index (χ0n) is 5.94. The third-order valence-electron chi connectivity index (χ3n) is 1.03. The number of hydrogen-bond donors (Lipinski definition) is 0. The van der Waals surface area contributed by atoms with Gasteiger partial charge in [0.25, 0.3) is 6.47 Å². The first-order valence-electron chi connectivity index (χ1n) is 2.49. The lowest BCUT2D eigenvalue weighted by Gasteiger charge is -2.29. The smallest absolute Gasteiger partial charge is 0.293 e. The van der Waals surface area contributed by atoms with Crippen molar-refractivity contribution in [3.8, 4) is 0 Å². The number of carbonyl (C=O) groups is 1. The van der Waals surface area contributed by atoms with Gasteiger partial charge in [0.2, 0.25) is 3.79 Å². The van der Waals surface area contributed by atoms with Crippen LogP contribution in [0.2, 0.25) is 0 Å². The summed E-state index contributed by atoms with van der Waals surface area (Å²) in [4.78, 5) is 9.87. The molecule has 11 heavy (non-hydrogen) atoms. The maximum Gasteiger partial charge on any atom is 0.293 e. The first-order valence-corrected chi connectivity index (χ1v) is 3.63. The molecule has 2 nitrogen and oxygen atoms in total. The van der Waals surface area contributed by atoms with Gasteiger partial charge in [-0.15, -0.1) is 12.4 Å². The Bertz CT molecular complexity index is 129. The quantitative estimate of drug-likeness (QED) is 0.549. The minimum atomic E-state index is -1.59. The van der Waals surface area contributed by atoms with Crippen LogP contribution >= 0.6 is 47.2 Å². The number of carbonyl (C=O) groups excluding carboxylic acids is 1. The topological polar surface area (TPSA) is 26.3 Å². The standard InChI is InChI=1S/C5H7Cl3O2.ClH/c1-4(2,10-3-9)5(6,7)8;/h3H,1-2H3;1H. The highest BCUT2D eigenvalue weighted by Gasteiger charge is 2.42. The molecule has 0 rings (SSSR count). The summed E-state index contributed by atoms with van der Waals surface area (Å²) in [6, 6.07) is 0. The Morgan fingerprint density at radius 3 is 1.73 bits per heavy atom. The molecule has 0 saturated heterocycles. The Morgan fingerprint density at radius 2 is 1.64 bits per heavy atom. The third-order valence-corrected chi connectivity index (χ3v) is 2.39. The average molecular weight is 242 g/mol. The van der Waals surface area contributed by atoms with Crippen molar-refractivity contribution in [1.82, 2.24) is 0 Å². The number of rotatable bonds is 2. The molecule has 0 radical (unpaired) electrons. The number of hydrogen-bond acceptors (Lipinski definition) is 2. The van der Waals surface area contributed by atoms with Gasteiger partial charge in [-0.05, 0) is 13.8 Å². The van der Waals surface area contributed by atoms with Gasteiger partial charge < -0.3 is 4.74 Å². The molecule has 0 aromatic carbocycles. The van der Waals surface area contributed by atoms with Crippen molar-refractivity contribution in [2.75, 3.05) is 0 Å². The van der Waals surface area contributed by atoms with Gasteiger partial charge in [0.1, 0.15) is 0 Å². The molecular weight excluding hydrogens is 234 g/mol. The fourth-order valence-corrected chi connectivity index (χ4v) is 0.321. The molecule has 0 N–H and O–H groups in total. The van der Waals surface area contributed by atoms with Crippen LogP contribution in [-0.4, -0.2) is 15.9 Å². The fraction of sp³-hybridized carbons (Fsp3) is 0.800. The summed E-state index contributed by atoms with van der Waals surface area (Å²) in [6.07, 6.45) is 0. The summed E-state index contributed by atoms with van der Waals surface area (Å²) in [5.74, 6) is 0. The molecule has 0 spiro atoms. The molecule has 0 unspecified atom stereocenters. The van der Waals surface area contributed by atoms with E-state index in [4.69, 9.17) is 34.8 Å². The summed E-state index contributed by atoms with van der Waals surface area (Å²) in [6.45, 7) is 3.27. The van der Waals surface area contributed by atoms with Crippen LogP contribution in [0.4, 0.5) is 0 Å². The van der Waals surface area contributed by atoms with Gasteiger partial charge in [0.15, 0.2) is 5.60 Å². The van der Waals surface area contributed by atoms with Gasteiger partial charge >= 0.3 is 0 Å². The van der Waals surface area contributed by atoms with Crippen LogP contribution in [0.25, 0.3) is 0 Å². The maximum atomic E-state index is 9.87. The van der Waals surface area contributed by atoms with E-state index in [0.717, 1.165) is 0 Å². The molecule has 0 aliphatic carbocycles. The molecule has 0 heterocycles. The Morgan fingerprint density at radius 1 is 1.27 bits per heavy atom. The molecular formula is C5H8Cl4O2. The molecule has 0 aromatic heterocycles. The Kier molecular flexibility index (Phi) is 5.93. The van der Waals surface area contributed by atoms with E-state index in [0.29, 0.717) is 0 Å². The normalized spacial score (nSPS) is 11.7. The van der Waals surface area contributed by atoms with E-state index in [-0.39, 0.29) is 18.9 Å². The largest absolute Gasteiger partial charge is 0.457 e. The molecule has 0 saturated carbocycles. The average Bonchev–Trinajstić information content (AvgIpc) is 1.61. The van der Waals surface area contributed by atoms with Crippen molar-refractivity contribution >= 4 is 53.7 Å². The molecule has 0 aliphatic rings. The summed E-state index contributed by atoms with van der Waals surface area (Å²) in [5, 5.41) is 0. The lowest BCUT2D eigenvalue weighted by atomic mass is 10.2. The van der Waals surface area contributed by atoms with E-state index in [1.807, 2.05) is 0 Å². The zero-order valence-corrected chi connectivity index (χ0v) is 9.02. The van der Waals surface area contributed by atoms with Crippen LogP contribution in [0, 0.1) is 0 Å². The Balaban J connectivity index is 0. The van der Waals surface area contributed by atoms with Crippen molar-refractivity contribution in [2.24, 2.45) is 0 Å². The Hall–Kier alpha value is 0.630. The van der Waals surface area contributed by atoms with E-state index in [9.17, 15) is 4.79 Å². The number of ether oxygens (including phenoxy) is 1. The van der Waals surface area contributed by atoms with Crippen molar-refractivity contribution in [3.63, 3.8) is 0 Å². The predicted octanol–water partition coefficient (Wildman–Crippen LogP) is 2.73. The van der Waals surface area contributed by atoms with Crippen LogP contribution < -0.4 is 0 Å². The molecule has 6 heteroatoms. The molecule has 0 atom stereocenters. The fourth-order valence-electron chi connectivity index (χ4n) is 0.187. The van der Waals surface area contributed by atoms with Gasteiger partial charge in [-0.25, -0.2) is 0 Å². The third kappa shape index (κ3) is 4.26. The van der Waals surface area contributed by atoms with E-state index in [1.165, 1.54) is 13.8 Å². The van der Waals surface area contributed by atoms with E-state index in [1.54, 1.807) is 0 Å². The van der Waals surface area contributed by atoms with Crippen LogP contribution in [-0.2, 0) is 9.53 Å². The lowest BCUT2D eigenvalue weighted by molar-refractivity contribution is -0.139. The molecule has 0 fully saturated rings. The second-order valence-electron chi connectivity index (χ2n) is 2.22. The van der Waals surface area contributed by atoms with Crippen LogP contribution in [0.1, 0.15) is 13.8 Å². The summed E-state index contributed by atoms with van der Waals surface area (Å²) in [7, 11) is 0. The monoisotopic (exact) mass is 240 g/mol.